The van der Waals surface area contributed by atoms with Crippen LogP contribution < -0.4 is 0 Å². The Hall–Kier alpha value is -1.77. The van der Waals surface area contributed by atoms with Crippen LogP contribution in [0.3, 0.4) is 0 Å². The molecule has 2 aromatic rings. The first-order valence-electron chi connectivity index (χ1n) is 8.16. The van der Waals surface area contributed by atoms with Crippen LogP contribution in [0.2, 0.25) is 0 Å². The number of carbonyl (C=O) groups is 1. The molecule has 1 aromatic carbocycles. The van der Waals surface area contributed by atoms with E-state index in [1.54, 1.807) is 0 Å². The highest BCUT2D eigenvalue weighted by molar-refractivity contribution is 5.80. The van der Waals surface area contributed by atoms with Gasteiger partial charge in [-0.2, -0.15) is 0 Å². The van der Waals surface area contributed by atoms with Crippen molar-refractivity contribution in [2.45, 2.75) is 45.1 Å². The second kappa shape index (κ2) is 6.79. The average Bonchev–Trinajstić information content (AvgIpc) is 2.88. The fourth-order valence-corrected chi connectivity index (χ4v) is 3.21. The molecule has 0 radical (unpaired) electrons. The van der Waals surface area contributed by atoms with Gasteiger partial charge in [-0.25, -0.2) is 0 Å². The summed E-state index contributed by atoms with van der Waals surface area (Å²) in [5, 5.41) is 1.25. The third kappa shape index (κ3) is 3.46. The molecule has 112 valence electrons. The molecule has 0 aliphatic carbocycles. The Balaban J connectivity index is 1.59. The van der Waals surface area contributed by atoms with Gasteiger partial charge in [-0.1, -0.05) is 37.5 Å². The standard InChI is InChI=1S/C18H24N2O/c21-18(20-12-6-2-1-3-7-13-20)11-15-19-14-10-16-8-4-5-9-17(16)19/h4-5,8-10,14H,1-3,6-7,11-13,15H2. The average molecular weight is 284 g/mol. The van der Waals surface area contributed by atoms with Crippen molar-refractivity contribution in [2.75, 3.05) is 13.1 Å². The molecule has 0 unspecified atom stereocenters. The Kier molecular flexibility index (Phi) is 4.59. The van der Waals surface area contributed by atoms with E-state index in [2.05, 4.69) is 46.0 Å². The first kappa shape index (κ1) is 14.2. The van der Waals surface area contributed by atoms with E-state index in [1.807, 2.05) is 0 Å². The monoisotopic (exact) mass is 284 g/mol. The van der Waals surface area contributed by atoms with Crippen molar-refractivity contribution in [3.05, 3.63) is 36.5 Å². The molecule has 1 aliphatic heterocycles. The molecule has 3 nitrogen and oxygen atoms in total. The van der Waals surface area contributed by atoms with Gasteiger partial charge in [0.05, 0.1) is 0 Å². The fourth-order valence-electron chi connectivity index (χ4n) is 3.21. The maximum atomic E-state index is 12.4. The Morgan fingerprint density at radius 1 is 0.952 bits per heavy atom. The zero-order valence-corrected chi connectivity index (χ0v) is 12.6. The van der Waals surface area contributed by atoms with Gasteiger partial charge >= 0.3 is 0 Å². The molecule has 1 aromatic heterocycles. The summed E-state index contributed by atoms with van der Waals surface area (Å²) in [6.45, 7) is 2.68. The number of carbonyl (C=O) groups excluding carboxylic acids is 1. The van der Waals surface area contributed by atoms with Gasteiger partial charge in [-0.05, 0) is 30.4 Å². The van der Waals surface area contributed by atoms with Crippen molar-refractivity contribution >= 4 is 16.8 Å². The quantitative estimate of drug-likeness (QED) is 0.841. The van der Waals surface area contributed by atoms with Gasteiger partial charge in [0, 0.05) is 37.8 Å². The number of para-hydroxylation sites is 1. The van der Waals surface area contributed by atoms with Crippen molar-refractivity contribution in [1.82, 2.24) is 9.47 Å². The van der Waals surface area contributed by atoms with Crippen molar-refractivity contribution in [2.24, 2.45) is 0 Å². The maximum Gasteiger partial charge on any atom is 0.224 e. The molecule has 1 fully saturated rings. The van der Waals surface area contributed by atoms with Gasteiger partial charge < -0.3 is 9.47 Å². The largest absolute Gasteiger partial charge is 0.347 e. The summed E-state index contributed by atoms with van der Waals surface area (Å²) in [6, 6.07) is 10.5. The van der Waals surface area contributed by atoms with Crippen LogP contribution >= 0.6 is 0 Å². The van der Waals surface area contributed by atoms with Crippen LogP contribution in [0.5, 0.6) is 0 Å². The molecule has 3 heteroatoms. The van der Waals surface area contributed by atoms with Crippen LogP contribution in [0.1, 0.15) is 38.5 Å². The highest BCUT2D eigenvalue weighted by atomic mass is 16.2. The molecular weight excluding hydrogens is 260 g/mol. The van der Waals surface area contributed by atoms with Crippen molar-refractivity contribution in [3.63, 3.8) is 0 Å². The molecule has 1 saturated heterocycles. The van der Waals surface area contributed by atoms with Crippen LogP contribution in [0.15, 0.2) is 36.5 Å². The molecule has 3 rings (SSSR count). The van der Waals surface area contributed by atoms with Gasteiger partial charge in [0.15, 0.2) is 0 Å². The van der Waals surface area contributed by atoms with Gasteiger partial charge in [0.1, 0.15) is 0 Å². The van der Waals surface area contributed by atoms with Crippen LogP contribution in [0, 0.1) is 0 Å². The van der Waals surface area contributed by atoms with Gasteiger partial charge in [-0.15, -0.1) is 0 Å². The normalized spacial score (nSPS) is 16.7. The number of fused-ring (bicyclic) bond motifs is 1. The third-order valence-corrected chi connectivity index (χ3v) is 4.46. The number of amides is 1. The Labute approximate surface area is 126 Å². The predicted octanol–water partition coefficient (Wildman–Crippen LogP) is 3.82. The number of nitrogens with zero attached hydrogens (tertiary/aromatic N) is 2. The molecule has 21 heavy (non-hydrogen) atoms. The fraction of sp³-hybridized carbons (Fsp3) is 0.500. The lowest BCUT2D eigenvalue weighted by Crippen LogP contribution is -2.34. The molecule has 2 heterocycles. The van der Waals surface area contributed by atoms with Crippen molar-refractivity contribution in [3.8, 4) is 0 Å². The molecule has 1 aliphatic rings. The second-order valence-electron chi connectivity index (χ2n) is 5.97. The molecule has 0 atom stereocenters. The number of aryl methyl sites for hydroxylation is 1. The van der Waals surface area contributed by atoms with E-state index >= 15 is 0 Å². The van der Waals surface area contributed by atoms with Gasteiger partial charge in [-0.3, -0.25) is 4.79 Å². The second-order valence-corrected chi connectivity index (χ2v) is 5.97. The zero-order valence-electron chi connectivity index (χ0n) is 12.6. The highest BCUT2D eigenvalue weighted by Crippen LogP contribution is 2.16. The summed E-state index contributed by atoms with van der Waals surface area (Å²) in [7, 11) is 0. The summed E-state index contributed by atoms with van der Waals surface area (Å²) < 4.78 is 2.19. The Morgan fingerprint density at radius 3 is 2.48 bits per heavy atom. The number of hydrogen-bond donors (Lipinski definition) is 0. The summed E-state index contributed by atoms with van der Waals surface area (Å²) in [4.78, 5) is 14.5. The first-order chi connectivity index (χ1) is 10.3. The molecule has 0 saturated carbocycles. The summed E-state index contributed by atoms with van der Waals surface area (Å²) >= 11 is 0. The van der Waals surface area contributed by atoms with E-state index in [0.717, 1.165) is 32.5 Å². The lowest BCUT2D eigenvalue weighted by molar-refractivity contribution is -0.131. The predicted molar refractivity (Wildman–Crippen MR) is 86.2 cm³/mol. The van der Waals surface area contributed by atoms with Crippen LogP contribution in [0.4, 0.5) is 0 Å². The van der Waals surface area contributed by atoms with Crippen LogP contribution in [-0.2, 0) is 11.3 Å². The molecule has 0 spiro atoms. The molecule has 0 N–H and O–H groups in total. The van der Waals surface area contributed by atoms with E-state index < -0.39 is 0 Å². The van der Waals surface area contributed by atoms with E-state index in [0.29, 0.717) is 12.3 Å². The number of rotatable bonds is 3. The summed E-state index contributed by atoms with van der Waals surface area (Å²) in [5.41, 5.74) is 1.22. The number of hydrogen-bond acceptors (Lipinski definition) is 1. The minimum absolute atomic E-state index is 0.315. The molecule has 0 bridgehead atoms. The van der Waals surface area contributed by atoms with E-state index in [-0.39, 0.29) is 0 Å². The smallest absolute Gasteiger partial charge is 0.224 e. The minimum atomic E-state index is 0.315. The molecular formula is C18H24N2O. The topological polar surface area (TPSA) is 25.2 Å². The summed E-state index contributed by atoms with van der Waals surface area (Å²) in [5.74, 6) is 0.315. The lowest BCUT2D eigenvalue weighted by atomic mass is 10.1. The zero-order chi connectivity index (χ0) is 14.5. The number of benzene rings is 1. The third-order valence-electron chi connectivity index (χ3n) is 4.46. The minimum Gasteiger partial charge on any atom is -0.347 e. The Morgan fingerprint density at radius 2 is 1.67 bits per heavy atom. The maximum absolute atomic E-state index is 12.4. The van der Waals surface area contributed by atoms with Crippen molar-refractivity contribution < 1.29 is 4.79 Å². The van der Waals surface area contributed by atoms with Crippen molar-refractivity contribution in [1.29, 1.82) is 0 Å². The Bertz CT molecular complexity index is 594. The van der Waals surface area contributed by atoms with Crippen LogP contribution in [-0.4, -0.2) is 28.5 Å². The van der Waals surface area contributed by atoms with E-state index in [1.165, 1.54) is 30.2 Å². The lowest BCUT2D eigenvalue weighted by Gasteiger charge is -2.25. The van der Waals surface area contributed by atoms with E-state index in [9.17, 15) is 4.79 Å². The van der Waals surface area contributed by atoms with Gasteiger partial charge in [0.2, 0.25) is 5.91 Å². The SMILES string of the molecule is O=C(CCn1ccc2ccccc21)N1CCCCCCC1. The highest BCUT2D eigenvalue weighted by Gasteiger charge is 2.14. The summed E-state index contributed by atoms with van der Waals surface area (Å²) in [6.07, 6.45) is 8.90. The first-order valence-corrected chi connectivity index (χ1v) is 8.16. The van der Waals surface area contributed by atoms with Crippen LogP contribution in [0.25, 0.3) is 10.9 Å². The molecule has 1 amide bonds. The van der Waals surface area contributed by atoms with E-state index in [4.69, 9.17) is 0 Å². The number of likely N-dealkylation sites (tertiary alicyclic amines) is 1. The van der Waals surface area contributed by atoms with Gasteiger partial charge in [0.25, 0.3) is 0 Å². The number of aromatic nitrogens is 1.